The van der Waals surface area contributed by atoms with Crippen molar-refractivity contribution in [2.45, 2.75) is 27.5 Å². The number of halogens is 1. The summed E-state index contributed by atoms with van der Waals surface area (Å²) in [5.41, 5.74) is 6.07. The van der Waals surface area contributed by atoms with Gasteiger partial charge in [0.1, 0.15) is 0 Å². The maximum atomic E-state index is 6.07. The molecule has 11 heavy (non-hydrogen) atoms. The fraction of sp³-hybridized carbons (Fsp3) is 0.714. The van der Waals surface area contributed by atoms with Crippen LogP contribution in [0.15, 0.2) is 9.38 Å². The molecule has 0 aromatic carbocycles. The van der Waals surface area contributed by atoms with E-state index in [-0.39, 0.29) is 1.78 Å². The number of thioether (sulfide) groups is 1. The molecule has 2 N–H and O–H groups in total. The molecule has 1 nitrogen and oxygen atoms in total. The second-order valence-electron chi connectivity index (χ2n) is 2.84. The van der Waals surface area contributed by atoms with Gasteiger partial charge in [0.25, 0.3) is 0 Å². The summed E-state index contributed by atoms with van der Waals surface area (Å²) in [5.74, 6) is 0. The minimum absolute atomic E-state index is 0.0553. The molecule has 1 heterocycles. The van der Waals surface area contributed by atoms with Gasteiger partial charge in [-0.1, -0.05) is 0 Å². The molecule has 2 aliphatic rings. The molecule has 62 valence electrons. The molecule has 4 heteroatoms. The summed E-state index contributed by atoms with van der Waals surface area (Å²) in [6.45, 7) is 0. The number of hydrogen-bond donors (Lipinski definition) is 1. The molecule has 0 spiro atoms. The first-order chi connectivity index (χ1) is 5.17. The first-order valence-corrected chi connectivity index (χ1v) is 7.36. The van der Waals surface area contributed by atoms with Gasteiger partial charge >= 0.3 is 91.9 Å². The third-order valence-electron chi connectivity index (χ3n) is 1.89. The fourth-order valence-corrected chi connectivity index (χ4v) is 8.01. The van der Waals surface area contributed by atoms with E-state index in [0.29, 0.717) is 15.0 Å². The first-order valence-electron chi connectivity index (χ1n) is 3.75. The molecule has 0 amide bonds. The summed E-state index contributed by atoms with van der Waals surface area (Å²) in [6, 6.07) is 0. The molecule has 1 aliphatic carbocycles. The van der Waals surface area contributed by atoms with Crippen molar-refractivity contribution in [2.75, 3.05) is 0 Å². The molecule has 0 radical (unpaired) electrons. The van der Waals surface area contributed by atoms with E-state index < -0.39 is 0 Å². The normalized spacial score (nSPS) is 37.6. The van der Waals surface area contributed by atoms with Crippen LogP contribution in [0.2, 0.25) is 0 Å². The van der Waals surface area contributed by atoms with Crippen molar-refractivity contribution in [3.05, 3.63) is 9.38 Å². The van der Waals surface area contributed by atoms with Crippen molar-refractivity contribution in [3.63, 3.8) is 0 Å². The molecular formula is C7H10INSSe. The Kier molecular flexibility index (Phi) is 2.60. The second kappa shape index (κ2) is 3.22. The molecule has 1 atom stereocenters. The van der Waals surface area contributed by atoms with Crippen LogP contribution in [0.3, 0.4) is 0 Å². The number of allylic oxidation sites excluding steroid dienone is 2. The van der Waals surface area contributed by atoms with Gasteiger partial charge in [0.2, 0.25) is 0 Å². The van der Waals surface area contributed by atoms with Crippen LogP contribution in [0, 0.1) is 0 Å². The van der Waals surface area contributed by atoms with Crippen molar-refractivity contribution < 1.29 is 0 Å². The summed E-state index contributed by atoms with van der Waals surface area (Å²) >= 11 is 4.88. The Morgan fingerprint density at radius 2 is 2.18 bits per heavy atom. The molecule has 0 saturated heterocycles. The summed E-state index contributed by atoms with van der Waals surface area (Å²) in [4.78, 5) is 1.63. The number of hydrogen-bond acceptors (Lipinski definition) is 2. The Balaban J connectivity index is 2.16. The van der Waals surface area contributed by atoms with E-state index in [1.54, 1.807) is 9.38 Å². The minimum atomic E-state index is 0.0553. The Morgan fingerprint density at radius 1 is 1.45 bits per heavy atom. The van der Waals surface area contributed by atoms with E-state index in [1.807, 2.05) is 11.8 Å². The quantitative estimate of drug-likeness (QED) is 0.315. The fourth-order valence-electron chi connectivity index (χ4n) is 1.42. The zero-order valence-corrected chi connectivity index (χ0v) is 10.8. The van der Waals surface area contributed by atoms with Crippen molar-refractivity contribution in [2.24, 2.45) is 5.73 Å². The van der Waals surface area contributed by atoms with E-state index in [2.05, 4.69) is 22.6 Å². The van der Waals surface area contributed by atoms with Gasteiger partial charge in [-0.2, -0.15) is 0 Å². The number of nitrogens with two attached hydrogens (primary N) is 1. The molecule has 1 aliphatic heterocycles. The van der Waals surface area contributed by atoms with Crippen molar-refractivity contribution >= 4 is 49.3 Å². The Hall–Kier alpha value is 1.30. The van der Waals surface area contributed by atoms with Crippen LogP contribution >= 0.6 is 34.4 Å². The zero-order chi connectivity index (χ0) is 7.90. The van der Waals surface area contributed by atoms with Gasteiger partial charge in [-0.05, 0) is 0 Å². The van der Waals surface area contributed by atoms with Crippen molar-refractivity contribution in [1.82, 2.24) is 0 Å². The third-order valence-corrected chi connectivity index (χ3v) is 7.97. The molecule has 0 saturated carbocycles. The monoisotopic (exact) mass is 347 g/mol. The van der Waals surface area contributed by atoms with E-state index in [9.17, 15) is 0 Å². The molecule has 0 aromatic rings. The second-order valence-corrected chi connectivity index (χ2v) is 11.7. The average Bonchev–Trinajstić information content (AvgIpc) is 2.21. The summed E-state index contributed by atoms with van der Waals surface area (Å²) in [5, 5.41) is 0. The van der Waals surface area contributed by atoms with Crippen LogP contribution < -0.4 is 5.73 Å². The van der Waals surface area contributed by atoms with Gasteiger partial charge in [0.15, 0.2) is 0 Å². The molecule has 1 unspecified atom stereocenters. The predicted molar refractivity (Wildman–Crippen MR) is 59.8 cm³/mol. The Labute approximate surface area is 91.2 Å². The van der Waals surface area contributed by atoms with Gasteiger partial charge in [-0.25, -0.2) is 0 Å². The molecule has 0 bridgehead atoms. The predicted octanol–water partition coefficient (Wildman–Crippen LogP) is 2.23. The standard InChI is InChI=1S/C7H10INSSe/c8-7(9)10-5-3-1-2-4-6(5)11-7/h1-4,9H2. The van der Waals surface area contributed by atoms with Crippen molar-refractivity contribution in [1.29, 1.82) is 0 Å². The summed E-state index contributed by atoms with van der Waals surface area (Å²) in [7, 11) is 0. The molecule has 2 rings (SSSR count). The van der Waals surface area contributed by atoms with E-state index in [1.165, 1.54) is 25.7 Å². The first kappa shape index (κ1) is 8.88. The Morgan fingerprint density at radius 3 is 2.91 bits per heavy atom. The van der Waals surface area contributed by atoms with Gasteiger partial charge in [0, 0.05) is 0 Å². The molecule has 0 fully saturated rings. The Bertz CT molecular complexity index is 194. The molecule has 0 aromatic heterocycles. The van der Waals surface area contributed by atoms with E-state index in [0.717, 1.165) is 0 Å². The molecular weight excluding hydrogens is 336 g/mol. The van der Waals surface area contributed by atoms with Crippen LogP contribution in [0.25, 0.3) is 0 Å². The van der Waals surface area contributed by atoms with Crippen LogP contribution in [0.1, 0.15) is 25.7 Å². The van der Waals surface area contributed by atoms with E-state index >= 15 is 0 Å². The maximum absolute atomic E-state index is 6.07. The van der Waals surface area contributed by atoms with Gasteiger partial charge in [0.05, 0.1) is 0 Å². The summed E-state index contributed by atoms with van der Waals surface area (Å²) in [6.07, 6.45) is 5.43. The topological polar surface area (TPSA) is 26.0 Å². The van der Waals surface area contributed by atoms with E-state index in [4.69, 9.17) is 5.73 Å². The van der Waals surface area contributed by atoms with Crippen LogP contribution in [-0.2, 0) is 0 Å². The van der Waals surface area contributed by atoms with Gasteiger partial charge in [-0.15, -0.1) is 0 Å². The SMILES string of the molecule is NC1(I)SC2=C(CCCC2)[Se]1. The van der Waals surface area contributed by atoms with Crippen LogP contribution in [0.5, 0.6) is 0 Å². The van der Waals surface area contributed by atoms with Gasteiger partial charge < -0.3 is 0 Å². The summed E-state index contributed by atoms with van der Waals surface area (Å²) < 4.78 is 1.77. The van der Waals surface area contributed by atoms with Crippen LogP contribution in [0.4, 0.5) is 0 Å². The zero-order valence-electron chi connectivity index (χ0n) is 6.10. The number of alkyl halides is 1. The van der Waals surface area contributed by atoms with Crippen molar-refractivity contribution in [3.8, 4) is 0 Å². The third kappa shape index (κ3) is 1.97. The number of rotatable bonds is 0. The average molecular weight is 346 g/mol. The van der Waals surface area contributed by atoms with Gasteiger partial charge in [-0.3, -0.25) is 0 Å². The van der Waals surface area contributed by atoms with Crippen LogP contribution in [-0.4, -0.2) is 16.7 Å².